The minimum absolute atomic E-state index is 0.00351. The predicted molar refractivity (Wildman–Crippen MR) is 110 cm³/mol. The number of pyridine rings is 1. The molecule has 2 aliphatic rings. The number of hydrazine groups is 1. The van der Waals surface area contributed by atoms with Gasteiger partial charge in [0.2, 0.25) is 0 Å². The molecule has 1 unspecified atom stereocenters. The van der Waals surface area contributed by atoms with Gasteiger partial charge in [0, 0.05) is 37.4 Å². The van der Waals surface area contributed by atoms with E-state index >= 15 is 0 Å². The van der Waals surface area contributed by atoms with Gasteiger partial charge in [0.25, 0.3) is 5.91 Å². The molecular formula is C21H24FN7O. The number of carbonyl (C=O) groups is 1. The van der Waals surface area contributed by atoms with Gasteiger partial charge < -0.3 is 4.90 Å². The van der Waals surface area contributed by atoms with E-state index in [0.29, 0.717) is 24.2 Å². The molecule has 30 heavy (non-hydrogen) atoms. The lowest BCUT2D eigenvalue weighted by atomic mass is 9.98. The summed E-state index contributed by atoms with van der Waals surface area (Å²) in [5.41, 5.74) is 5.69. The summed E-state index contributed by atoms with van der Waals surface area (Å²) in [7, 11) is 0. The molecule has 8 nitrogen and oxygen atoms in total. The van der Waals surface area contributed by atoms with Crippen molar-refractivity contribution in [2.24, 2.45) is 0 Å². The smallest absolute Gasteiger partial charge is 0.271 e. The van der Waals surface area contributed by atoms with Gasteiger partial charge >= 0.3 is 0 Å². The minimum Gasteiger partial charge on any atom is -0.349 e. The van der Waals surface area contributed by atoms with Crippen LogP contribution in [0.3, 0.4) is 0 Å². The average molecular weight is 409 g/mol. The van der Waals surface area contributed by atoms with E-state index in [1.54, 1.807) is 16.8 Å². The van der Waals surface area contributed by atoms with E-state index in [1.807, 2.05) is 31.1 Å². The molecule has 0 aromatic carbocycles. The fraction of sp³-hybridized carbons (Fsp3) is 0.429. The molecule has 0 radical (unpaired) electrons. The summed E-state index contributed by atoms with van der Waals surface area (Å²) in [5, 5.41) is 6.17. The van der Waals surface area contributed by atoms with Gasteiger partial charge in [-0.25, -0.2) is 18.9 Å². The topological polar surface area (TPSA) is 78.7 Å². The number of fused-ring (bicyclic) bond motifs is 5. The molecule has 2 atom stereocenters. The highest BCUT2D eigenvalue weighted by Gasteiger charge is 2.32. The number of halogens is 1. The molecule has 5 rings (SSSR count). The number of hydrogen-bond donors (Lipinski definition) is 1. The molecule has 1 N–H and O–H groups in total. The van der Waals surface area contributed by atoms with Gasteiger partial charge in [-0.1, -0.05) is 6.92 Å². The summed E-state index contributed by atoms with van der Waals surface area (Å²) in [6.07, 6.45) is 7.13. The van der Waals surface area contributed by atoms with Crippen molar-refractivity contribution < 1.29 is 9.18 Å². The molecule has 9 heteroatoms. The Morgan fingerprint density at radius 3 is 3.03 bits per heavy atom. The first-order valence-corrected chi connectivity index (χ1v) is 10.4. The van der Waals surface area contributed by atoms with Gasteiger partial charge in [0.15, 0.2) is 5.65 Å². The van der Waals surface area contributed by atoms with Gasteiger partial charge in [0.1, 0.15) is 17.2 Å². The summed E-state index contributed by atoms with van der Waals surface area (Å²) in [6, 6.07) is 3.48. The van der Waals surface area contributed by atoms with Crippen LogP contribution in [0.25, 0.3) is 5.65 Å². The highest BCUT2D eigenvalue weighted by atomic mass is 19.1. The molecule has 1 fully saturated rings. The quantitative estimate of drug-likeness (QED) is 0.665. The van der Waals surface area contributed by atoms with Crippen LogP contribution >= 0.6 is 0 Å². The number of nitrogens with zero attached hydrogens (tertiary/aromatic N) is 6. The van der Waals surface area contributed by atoms with Crippen molar-refractivity contribution in [2.75, 3.05) is 18.0 Å². The van der Waals surface area contributed by atoms with Gasteiger partial charge in [0.05, 0.1) is 18.4 Å². The van der Waals surface area contributed by atoms with Crippen molar-refractivity contribution in [3.8, 4) is 0 Å². The molecule has 5 heterocycles. The number of anilines is 1. The largest absolute Gasteiger partial charge is 0.349 e. The van der Waals surface area contributed by atoms with E-state index in [0.717, 1.165) is 36.5 Å². The molecule has 0 aliphatic carbocycles. The van der Waals surface area contributed by atoms with Crippen molar-refractivity contribution >= 4 is 17.4 Å². The number of aromatic nitrogens is 4. The second kappa shape index (κ2) is 7.32. The van der Waals surface area contributed by atoms with E-state index in [1.165, 1.54) is 6.20 Å². The predicted octanol–water partition coefficient (Wildman–Crippen LogP) is 2.52. The molecule has 3 aromatic rings. The fourth-order valence-corrected chi connectivity index (χ4v) is 4.57. The van der Waals surface area contributed by atoms with Crippen molar-refractivity contribution in [1.82, 2.24) is 30.0 Å². The highest BCUT2D eigenvalue weighted by Crippen LogP contribution is 2.37. The minimum atomic E-state index is -0.334. The Hall–Kier alpha value is -3.07. The monoisotopic (exact) mass is 409 g/mol. The summed E-state index contributed by atoms with van der Waals surface area (Å²) in [6.45, 7) is 5.46. The van der Waals surface area contributed by atoms with E-state index < -0.39 is 0 Å². The SMILES string of the molecule is CCN1NC(=O)c2cnn3ccc(nc23)N2CCC[C@@H]2c2cc(F)cnc2CC1C. The summed E-state index contributed by atoms with van der Waals surface area (Å²) in [5.74, 6) is 0.182. The van der Waals surface area contributed by atoms with E-state index in [2.05, 4.69) is 20.4 Å². The Balaban J connectivity index is 1.70. The number of nitrogens with one attached hydrogen (secondary N) is 1. The molecule has 1 saturated heterocycles. The molecule has 3 aromatic heterocycles. The second-order valence-electron chi connectivity index (χ2n) is 7.93. The Labute approximate surface area is 173 Å². The van der Waals surface area contributed by atoms with Crippen molar-refractivity contribution in [3.63, 3.8) is 0 Å². The van der Waals surface area contributed by atoms with Crippen LogP contribution in [0.4, 0.5) is 10.2 Å². The lowest BCUT2D eigenvalue weighted by molar-refractivity contribution is 0.0719. The van der Waals surface area contributed by atoms with Crippen molar-refractivity contribution in [3.05, 3.63) is 53.4 Å². The maximum Gasteiger partial charge on any atom is 0.271 e. The zero-order valence-corrected chi connectivity index (χ0v) is 17.0. The van der Waals surface area contributed by atoms with E-state index in [-0.39, 0.29) is 23.8 Å². The van der Waals surface area contributed by atoms with Crippen LogP contribution in [0.1, 0.15) is 54.3 Å². The van der Waals surface area contributed by atoms with Crippen LogP contribution < -0.4 is 10.3 Å². The highest BCUT2D eigenvalue weighted by molar-refractivity contribution is 5.99. The number of rotatable bonds is 1. The van der Waals surface area contributed by atoms with Crippen molar-refractivity contribution in [2.45, 2.75) is 45.2 Å². The number of amides is 1. The van der Waals surface area contributed by atoms with Crippen LogP contribution in [0.5, 0.6) is 0 Å². The maximum atomic E-state index is 14.2. The fourth-order valence-electron chi connectivity index (χ4n) is 4.57. The Morgan fingerprint density at radius 2 is 2.20 bits per heavy atom. The summed E-state index contributed by atoms with van der Waals surface area (Å²) in [4.78, 5) is 24.4. The lowest BCUT2D eigenvalue weighted by Gasteiger charge is -2.30. The van der Waals surface area contributed by atoms with Gasteiger partial charge in [-0.3, -0.25) is 15.2 Å². The van der Waals surface area contributed by atoms with Gasteiger partial charge in [-0.15, -0.1) is 0 Å². The number of likely N-dealkylation sites (N-methyl/N-ethyl adjacent to an activating group) is 1. The van der Waals surface area contributed by atoms with E-state index in [9.17, 15) is 9.18 Å². The van der Waals surface area contributed by atoms with Gasteiger partial charge in [-0.2, -0.15) is 5.10 Å². The first kappa shape index (κ1) is 18.9. The molecule has 2 bridgehead atoms. The third kappa shape index (κ3) is 3.09. The third-order valence-corrected chi connectivity index (χ3v) is 6.08. The number of hydrogen-bond acceptors (Lipinski definition) is 6. The molecule has 0 saturated carbocycles. The normalized spacial score (nSPS) is 22.2. The van der Waals surface area contributed by atoms with Gasteiger partial charge in [-0.05, 0) is 37.5 Å². The van der Waals surface area contributed by atoms with E-state index in [4.69, 9.17) is 4.98 Å². The van der Waals surface area contributed by atoms with Crippen LogP contribution in [0.2, 0.25) is 0 Å². The summed E-state index contributed by atoms with van der Waals surface area (Å²) >= 11 is 0. The molecular weight excluding hydrogens is 385 g/mol. The number of carbonyl (C=O) groups excluding carboxylic acids is 1. The van der Waals surface area contributed by atoms with Crippen LogP contribution in [-0.4, -0.2) is 49.6 Å². The molecule has 0 spiro atoms. The standard InChI is InChI=1S/C21H24FN7O/c1-3-28-13(2)9-17-15(10-14(22)11-23-17)18-5-4-7-27(18)19-6-8-29-20(25-19)16(12-24-29)21(30)26-28/h6,8,10-13,18H,3-5,7,9H2,1-2H3,(H,26,30)/t13?,18-/m1/s1. The summed E-state index contributed by atoms with van der Waals surface area (Å²) < 4.78 is 15.8. The molecule has 2 aliphatic heterocycles. The first-order valence-electron chi connectivity index (χ1n) is 10.4. The maximum absolute atomic E-state index is 14.2. The lowest BCUT2D eigenvalue weighted by Crippen LogP contribution is -2.48. The zero-order valence-electron chi connectivity index (χ0n) is 17.0. The Morgan fingerprint density at radius 1 is 1.33 bits per heavy atom. The second-order valence-corrected chi connectivity index (χ2v) is 7.93. The average Bonchev–Trinajstić information content (AvgIpc) is 3.39. The van der Waals surface area contributed by atoms with Crippen LogP contribution in [-0.2, 0) is 6.42 Å². The third-order valence-electron chi connectivity index (χ3n) is 6.08. The zero-order chi connectivity index (χ0) is 20.8. The van der Waals surface area contributed by atoms with Crippen LogP contribution in [0, 0.1) is 5.82 Å². The Bertz CT molecular complexity index is 1110. The van der Waals surface area contributed by atoms with Crippen molar-refractivity contribution in [1.29, 1.82) is 0 Å². The molecule has 1 amide bonds. The first-order chi connectivity index (χ1) is 14.5. The molecule has 156 valence electrons. The van der Waals surface area contributed by atoms with Crippen LogP contribution in [0.15, 0.2) is 30.7 Å². The Kier molecular flexibility index (Phi) is 4.62.